The Kier molecular flexibility index (Phi) is 5.65. The van der Waals surface area contributed by atoms with Crippen molar-refractivity contribution in [1.82, 2.24) is 10.3 Å². The lowest BCUT2D eigenvalue weighted by Gasteiger charge is -2.07. The van der Waals surface area contributed by atoms with Crippen LogP contribution in [0.5, 0.6) is 0 Å². The number of hydrogen-bond acceptors (Lipinski definition) is 3. The minimum atomic E-state index is -0.202. The highest BCUT2D eigenvalue weighted by Gasteiger charge is 2.05. The molecule has 2 N–H and O–H groups in total. The van der Waals surface area contributed by atoms with Gasteiger partial charge in [-0.1, -0.05) is 24.3 Å². The van der Waals surface area contributed by atoms with Crippen molar-refractivity contribution in [3.63, 3.8) is 0 Å². The zero-order chi connectivity index (χ0) is 15.8. The molecule has 2 aromatic rings. The third kappa shape index (κ3) is 4.41. The summed E-state index contributed by atoms with van der Waals surface area (Å²) in [6.07, 6.45) is 3.68. The topological polar surface area (TPSA) is 54.0 Å². The molecule has 22 heavy (non-hydrogen) atoms. The van der Waals surface area contributed by atoms with E-state index in [4.69, 9.17) is 0 Å². The van der Waals surface area contributed by atoms with E-state index in [1.807, 2.05) is 6.07 Å². The second-order valence-corrected chi connectivity index (χ2v) is 4.70. The number of halogens is 1. The lowest BCUT2D eigenvalue weighted by molar-refractivity contribution is 0.0957. The molecule has 1 aromatic heterocycles. The van der Waals surface area contributed by atoms with Gasteiger partial charge in [-0.2, -0.15) is 0 Å². The molecule has 0 saturated carbocycles. The molecule has 0 aliphatic carbocycles. The van der Waals surface area contributed by atoms with Crippen molar-refractivity contribution in [3.8, 4) is 0 Å². The fourth-order valence-electron chi connectivity index (χ4n) is 1.93. The summed E-state index contributed by atoms with van der Waals surface area (Å²) in [5, 5.41) is 5.78. The molecular weight excluding hydrogens is 281 g/mol. The van der Waals surface area contributed by atoms with Crippen LogP contribution in [0.1, 0.15) is 15.9 Å². The molecule has 5 heteroatoms. The first-order valence-corrected chi connectivity index (χ1v) is 7.03. The van der Waals surface area contributed by atoms with Gasteiger partial charge in [-0.05, 0) is 30.2 Å². The highest BCUT2D eigenvalue weighted by molar-refractivity contribution is 5.94. The Labute approximate surface area is 129 Å². The van der Waals surface area contributed by atoms with Gasteiger partial charge in [0, 0.05) is 19.3 Å². The van der Waals surface area contributed by atoms with Gasteiger partial charge in [-0.3, -0.25) is 4.79 Å². The van der Waals surface area contributed by atoms with E-state index in [-0.39, 0.29) is 11.7 Å². The summed E-state index contributed by atoms with van der Waals surface area (Å²) in [7, 11) is 0. The van der Waals surface area contributed by atoms with Crippen molar-refractivity contribution in [2.24, 2.45) is 0 Å². The average Bonchev–Trinajstić information content (AvgIpc) is 2.55. The molecule has 0 aliphatic heterocycles. The lowest BCUT2D eigenvalue weighted by atomic mass is 10.1. The van der Waals surface area contributed by atoms with Gasteiger partial charge in [-0.15, -0.1) is 6.58 Å². The van der Waals surface area contributed by atoms with Gasteiger partial charge >= 0.3 is 0 Å². The summed E-state index contributed by atoms with van der Waals surface area (Å²) in [6.45, 7) is 4.52. The summed E-state index contributed by atoms with van der Waals surface area (Å²) in [6, 6.07) is 10.1. The predicted molar refractivity (Wildman–Crippen MR) is 85.4 cm³/mol. The summed E-state index contributed by atoms with van der Waals surface area (Å²) in [5.41, 5.74) is 1.15. The van der Waals surface area contributed by atoms with E-state index in [1.165, 1.54) is 12.3 Å². The van der Waals surface area contributed by atoms with Crippen molar-refractivity contribution in [2.45, 2.75) is 6.42 Å². The van der Waals surface area contributed by atoms with Crippen LogP contribution in [0.25, 0.3) is 0 Å². The van der Waals surface area contributed by atoms with Crippen molar-refractivity contribution in [2.75, 3.05) is 18.4 Å². The number of hydrogen-bond donors (Lipinski definition) is 2. The van der Waals surface area contributed by atoms with Gasteiger partial charge in [0.25, 0.3) is 5.91 Å². The molecule has 0 fully saturated rings. The van der Waals surface area contributed by atoms with Crippen LogP contribution >= 0.6 is 0 Å². The zero-order valence-electron chi connectivity index (χ0n) is 12.2. The van der Waals surface area contributed by atoms with Crippen LogP contribution in [0, 0.1) is 5.82 Å². The summed E-state index contributed by atoms with van der Waals surface area (Å²) in [4.78, 5) is 15.9. The number of aromatic nitrogens is 1. The summed E-state index contributed by atoms with van der Waals surface area (Å²) < 4.78 is 13.5. The summed E-state index contributed by atoms with van der Waals surface area (Å²) in [5.74, 6) is 0.258. The van der Waals surface area contributed by atoms with Crippen molar-refractivity contribution >= 4 is 11.7 Å². The van der Waals surface area contributed by atoms with E-state index < -0.39 is 0 Å². The number of nitrogens with one attached hydrogen (secondary N) is 2. The van der Waals surface area contributed by atoms with Gasteiger partial charge in [-0.25, -0.2) is 9.37 Å². The van der Waals surface area contributed by atoms with Crippen LogP contribution in [-0.4, -0.2) is 24.0 Å². The first-order valence-electron chi connectivity index (χ1n) is 7.03. The van der Waals surface area contributed by atoms with Gasteiger partial charge in [0.05, 0.1) is 5.56 Å². The standard InChI is InChI=1S/C17H18FN3O/c1-2-10-20-17(22)14-7-8-16(21-12-14)19-11-9-13-5-3-4-6-15(13)18/h2-8,12H,1,9-11H2,(H,19,21)(H,20,22). The zero-order valence-corrected chi connectivity index (χ0v) is 12.2. The van der Waals surface area contributed by atoms with Crippen LogP contribution in [0.15, 0.2) is 55.3 Å². The fourth-order valence-corrected chi connectivity index (χ4v) is 1.93. The monoisotopic (exact) mass is 299 g/mol. The van der Waals surface area contributed by atoms with E-state index in [2.05, 4.69) is 22.2 Å². The lowest BCUT2D eigenvalue weighted by Crippen LogP contribution is -2.23. The molecule has 1 heterocycles. The van der Waals surface area contributed by atoms with Gasteiger partial charge in [0.1, 0.15) is 11.6 Å². The van der Waals surface area contributed by atoms with Crippen LogP contribution in [0.2, 0.25) is 0 Å². The maximum Gasteiger partial charge on any atom is 0.253 e. The van der Waals surface area contributed by atoms with E-state index >= 15 is 0 Å². The van der Waals surface area contributed by atoms with E-state index in [9.17, 15) is 9.18 Å². The highest BCUT2D eigenvalue weighted by Crippen LogP contribution is 2.09. The molecular formula is C17H18FN3O. The Morgan fingerprint density at radius 1 is 1.27 bits per heavy atom. The smallest absolute Gasteiger partial charge is 0.253 e. The Balaban J connectivity index is 1.85. The Hall–Kier alpha value is -2.69. The van der Waals surface area contributed by atoms with Crippen LogP contribution < -0.4 is 10.6 Å². The number of carbonyl (C=O) groups excluding carboxylic acids is 1. The minimum Gasteiger partial charge on any atom is -0.370 e. The second-order valence-electron chi connectivity index (χ2n) is 4.70. The first-order chi connectivity index (χ1) is 10.7. The maximum absolute atomic E-state index is 13.5. The minimum absolute atomic E-state index is 0.190. The van der Waals surface area contributed by atoms with Crippen molar-refractivity contribution < 1.29 is 9.18 Å². The molecule has 0 radical (unpaired) electrons. The van der Waals surface area contributed by atoms with Crippen LogP contribution in [0.4, 0.5) is 10.2 Å². The number of carbonyl (C=O) groups is 1. The Bertz CT molecular complexity index is 641. The maximum atomic E-state index is 13.5. The number of nitrogens with zero attached hydrogens (tertiary/aromatic N) is 1. The molecule has 1 aromatic carbocycles. The molecule has 0 atom stereocenters. The predicted octanol–water partition coefficient (Wildman–Crippen LogP) is 2.79. The molecule has 0 unspecified atom stereocenters. The number of amides is 1. The number of pyridine rings is 1. The molecule has 4 nitrogen and oxygen atoms in total. The molecule has 2 rings (SSSR count). The van der Waals surface area contributed by atoms with Crippen LogP contribution in [-0.2, 0) is 6.42 Å². The number of rotatable bonds is 7. The van der Waals surface area contributed by atoms with Crippen molar-refractivity contribution in [1.29, 1.82) is 0 Å². The van der Waals surface area contributed by atoms with Crippen molar-refractivity contribution in [3.05, 3.63) is 72.2 Å². The first kappa shape index (κ1) is 15.7. The van der Waals surface area contributed by atoms with Gasteiger partial charge in [0.2, 0.25) is 0 Å². The van der Waals surface area contributed by atoms with E-state index in [0.717, 1.165) is 0 Å². The Morgan fingerprint density at radius 2 is 2.09 bits per heavy atom. The highest BCUT2D eigenvalue weighted by atomic mass is 19.1. The molecule has 0 spiro atoms. The second kappa shape index (κ2) is 7.93. The van der Waals surface area contributed by atoms with E-state index in [0.29, 0.717) is 36.5 Å². The summed E-state index contributed by atoms with van der Waals surface area (Å²) >= 11 is 0. The fraction of sp³-hybridized carbons (Fsp3) is 0.176. The molecule has 114 valence electrons. The third-order valence-corrected chi connectivity index (χ3v) is 3.09. The molecule has 1 amide bonds. The van der Waals surface area contributed by atoms with Crippen LogP contribution in [0.3, 0.4) is 0 Å². The van der Waals surface area contributed by atoms with E-state index in [1.54, 1.807) is 30.3 Å². The quantitative estimate of drug-likeness (QED) is 0.773. The number of benzene rings is 1. The number of anilines is 1. The molecule has 0 bridgehead atoms. The average molecular weight is 299 g/mol. The normalized spacial score (nSPS) is 10.0. The molecule has 0 saturated heterocycles. The molecule has 0 aliphatic rings. The third-order valence-electron chi connectivity index (χ3n) is 3.09. The SMILES string of the molecule is C=CCNC(=O)c1ccc(NCCc2ccccc2F)nc1. The van der Waals surface area contributed by atoms with Gasteiger partial charge < -0.3 is 10.6 Å². The Morgan fingerprint density at radius 3 is 2.77 bits per heavy atom. The van der Waals surface area contributed by atoms with Gasteiger partial charge in [0.15, 0.2) is 0 Å². The largest absolute Gasteiger partial charge is 0.370 e.